The van der Waals surface area contributed by atoms with Gasteiger partial charge in [0.1, 0.15) is 5.82 Å². The molecular weight excluding hydrogens is 264 g/mol. The molecule has 2 aromatic rings. The van der Waals surface area contributed by atoms with Crippen LogP contribution in [0.2, 0.25) is 0 Å². The molecule has 0 fully saturated rings. The van der Waals surface area contributed by atoms with E-state index in [1.54, 1.807) is 11.9 Å². The monoisotopic (exact) mass is 286 g/mol. The molecule has 0 radical (unpaired) electrons. The summed E-state index contributed by atoms with van der Waals surface area (Å²) in [5, 5.41) is 6.81. The van der Waals surface area contributed by atoms with E-state index >= 15 is 0 Å². The topological polar surface area (TPSA) is 61.9 Å². The van der Waals surface area contributed by atoms with Crippen LogP contribution < -0.4 is 0 Å². The van der Waals surface area contributed by atoms with Crippen molar-refractivity contribution in [3.8, 4) is 0 Å². The van der Waals surface area contributed by atoms with Gasteiger partial charge in [-0.2, -0.15) is 0 Å². The van der Waals surface area contributed by atoms with Crippen molar-refractivity contribution in [1.29, 1.82) is 0 Å². The zero-order valence-electron chi connectivity index (χ0n) is 12.7. The predicted octanol–water partition coefficient (Wildman–Crippen LogP) is 2.46. The maximum Gasteiger partial charge on any atom is 0.293 e. The minimum Gasteiger partial charge on any atom is -0.339 e. The standard InChI is InChI=1S/C16H22N4O/c1-3-8-14-17-15(19-18-14)16(21)20(2)12-7-11-13-9-5-4-6-10-13/h4-6,9-10H,3,7-8,11-12H2,1-2H3,(H,17,18,19). The highest BCUT2D eigenvalue weighted by Crippen LogP contribution is 2.05. The summed E-state index contributed by atoms with van der Waals surface area (Å²) in [6.07, 6.45) is 3.69. The van der Waals surface area contributed by atoms with Gasteiger partial charge in [0.2, 0.25) is 5.82 Å². The number of nitrogens with one attached hydrogen (secondary N) is 1. The normalized spacial score (nSPS) is 10.6. The molecule has 1 aromatic carbocycles. The summed E-state index contributed by atoms with van der Waals surface area (Å²) in [6.45, 7) is 2.77. The molecule has 21 heavy (non-hydrogen) atoms. The Hall–Kier alpha value is -2.17. The molecule has 0 saturated carbocycles. The van der Waals surface area contributed by atoms with Crippen molar-refractivity contribution in [2.24, 2.45) is 0 Å². The van der Waals surface area contributed by atoms with Crippen LogP contribution in [-0.4, -0.2) is 39.6 Å². The van der Waals surface area contributed by atoms with E-state index in [1.165, 1.54) is 5.56 Å². The van der Waals surface area contributed by atoms with Crippen LogP contribution in [-0.2, 0) is 12.8 Å². The summed E-state index contributed by atoms with van der Waals surface area (Å²) < 4.78 is 0. The van der Waals surface area contributed by atoms with Gasteiger partial charge in [-0.3, -0.25) is 9.89 Å². The number of carbonyl (C=O) groups is 1. The first kappa shape index (κ1) is 15.2. The number of aromatic nitrogens is 3. The lowest BCUT2D eigenvalue weighted by Gasteiger charge is -2.14. The van der Waals surface area contributed by atoms with E-state index in [9.17, 15) is 4.79 Å². The fraction of sp³-hybridized carbons (Fsp3) is 0.438. The van der Waals surface area contributed by atoms with Crippen LogP contribution in [0.15, 0.2) is 30.3 Å². The molecule has 0 saturated heterocycles. The van der Waals surface area contributed by atoms with Gasteiger partial charge >= 0.3 is 0 Å². The summed E-state index contributed by atoms with van der Waals surface area (Å²) in [7, 11) is 1.79. The van der Waals surface area contributed by atoms with Crippen molar-refractivity contribution in [1.82, 2.24) is 20.1 Å². The lowest BCUT2D eigenvalue weighted by atomic mass is 10.1. The minimum atomic E-state index is -0.123. The number of hydrogen-bond acceptors (Lipinski definition) is 3. The molecular formula is C16H22N4O. The Labute approximate surface area is 125 Å². The number of aryl methyl sites for hydroxylation is 2. The largest absolute Gasteiger partial charge is 0.339 e. The molecule has 112 valence electrons. The van der Waals surface area contributed by atoms with E-state index in [2.05, 4.69) is 34.2 Å². The van der Waals surface area contributed by atoms with Crippen LogP contribution in [0, 0.1) is 0 Å². The van der Waals surface area contributed by atoms with Crippen LogP contribution in [0.3, 0.4) is 0 Å². The van der Waals surface area contributed by atoms with Crippen LogP contribution in [0.1, 0.15) is 41.8 Å². The zero-order chi connectivity index (χ0) is 15.1. The molecule has 0 aliphatic rings. The first-order valence-electron chi connectivity index (χ1n) is 7.41. The van der Waals surface area contributed by atoms with Gasteiger partial charge in [0.25, 0.3) is 5.91 Å². The molecule has 0 unspecified atom stereocenters. The summed E-state index contributed by atoms with van der Waals surface area (Å²) in [5.74, 6) is 0.917. The fourth-order valence-corrected chi connectivity index (χ4v) is 2.18. The number of carbonyl (C=O) groups excluding carboxylic acids is 1. The van der Waals surface area contributed by atoms with E-state index in [4.69, 9.17) is 0 Å². The van der Waals surface area contributed by atoms with Gasteiger partial charge in [-0.1, -0.05) is 37.3 Å². The van der Waals surface area contributed by atoms with E-state index in [0.29, 0.717) is 6.54 Å². The Bertz CT molecular complexity index is 565. The van der Waals surface area contributed by atoms with Gasteiger partial charge < -0.3 is 4.90 Å². The maximum atomic E-state index is 12.2. The summed E-state index contributed by atoms with van der Waals surface area (Å²) >= 11 is 0. The van der Waals surface area contributed by atoms with Gasteiger partial charge in [0.15, 0.2) is 0 Å². The number of H-pyrrole nitrogens is 1. The molecule has 0 bridgehead atoms. The van der Waals surface area contributed by atoms with Crippen molar-refractivity contribution in [2.75, 3.05) is 13.6 Å². The second kappa shape index (κ2) is 7.57. The second-order valence-corrected chi connectivity index (χ2v) is 5.17. The highest BCUT2D eigenvalue weighted by Gasteiger charge is 2.16. The van der Waals surface area contributed by atoms with E-state index in [1.807, 2.05) is 18.2 Å². The van der Waals surface area contributed by atoms with Crippen LogP contribution >= 0.6 is 0 Å². The van der Waals surface area contributed by atoms with Crippen molar-refractivity contribution in [3.05, 3.63) is 47.5 Å². The van der Waals surface area contributed by atoms with Crippen LogP contribution in [0.25, 0.3) is 0 Å². The Kier molecular flexibility index (Phi) is 5.49. The average Bonchev–Trinajstić information content (AvgIpc) is 2.96. The first-order chi connectivity index (χ1) is 10.2. The number of hydrogen-bond donors (Lipinski definition) is 1. The highest BCUT2D eigenvalue weighted by atomic mass is 16.2. The van der Waals surface area contributed by atoms with Crippen molar-refractivity contribution in [3.63, 3.8) is 0 Å². The molecule has 0 aliphatic carbocycles. The Balaban J connectivity index is 1.81. The lowest BCUT2D eigenvalue weighted by Crippen LogP contribution is -2.29. The summed E-state index contributed by atoms with van der Waals surface area (Å²) in [4.78, 5) is 18.1. The number of amides is 1. The maximum absolute atomic E-state index is 12.2. The third kappa shape index (κ3) is 4.41. The third-order valence-corrected chi connectivity index (χ3v) is 3.36. The molecule has 0 spiro atoms. The Morgan fingerprint density at radius 2 is 2.00 bits per heavy atom. The van der Waals surface area contributed by atoms with Gasteiger partial charge in [0.05, 0.1) is 0 Å². The number of aromatic amines is 1. The molecule has 1 heterocycles. The van der Waals surface area contributed by atoms with E-state index in [0.717, 1.165) is 31.5 Å². The second-order valence-electron chi connectivity index (χ2n) is 5.17. The van der Waals surface area contributed by atoms with Crippen molar-refractivity contribution in [2.45, 2.75) is 32.6 Å². The molecule has 0 atom stereocenters. The molecule has 2 rings (SSSR count). The van der Waals surface area contributed by atoms with Gasteiger partial charge in [-0.25, -0.2) is 4.98 Å². The Morgan fingerprint density at radius 3 is 2.71 bits per heavy atom. The molecule has 0 aliphatic heterocycles. The lowest BCUT2D eigenvalue weighted by molar-refractivity contribution is 0.0782. The fourth-order valence-electron chi connectivity index (χ4n) is 2.18. The Morgan fingerprint density at radius 1 is 1.24 bits per heavy atom. The SMILES string of the molecule is CCCc1nc(C(=O)N(C)CCCc2ccccc2)n[nH]1. The first-order valence-corrected chi connectivity index (χ1v) is 7.41. The predicted molar refractivity (Wildman–Crippen MR) is 82.1 cm³/mol. The van der Waals surface area contributed by atoms with Crippen LogP contribution in [0.4, 0.5) is 0 Å². The number of benzene rings is 1. The van der Waals surface area contributed by atoms with E-state index < -0.39 is 0 Å². The van der Waals surface area contributed by atoms with Gasteiger partial charge in [0, 0.05) is 20.0 Å². The molecule has 1 N–H and O–H groups in total. The molecule has 1 aromatic heterocycles. The summed E-state index contributed by atoms with van der Waals surface area (Å²) in [5.41, 5.74) is 1.29. The quantitative estimate of drug-likeness (QED) is 0.850. The highest BCUT2D eigenvalue weighted by molar-refractivity contribution is 5.90. The summed E-state index contributed by atoms with van der Waals surface area (Å²) in [6, 6.07) is 10.3. The molecule has 1 amide bonds. The van der Waals surface area contributed by atoms with Crippen molar-refractivity contribution < 1.29 is 4.79 Å². The van der Waals surface area contributed by atoms with Crippen molar-refractivity contribution >= 4 is 5.91 Å². The minimum absolute atomic E-state index is 0.123. The number of rotatable bonds is 7. The zero-order valence-corrected chi connectivity index (χ0v) is 12.7. The average molecular weight is 286 g/mol. The number of nitrogens with zero attached hydrogens (tertiary/aromatic N) is 3. The third-order valence-electron chi connectivity index (χ3n) is 3.36. The molecule has 5 heteroatoms. The smallest absolute Gasteiger partial charge is 0.293 e. The van der Waals surface area contributed by atoms with Gasteiger partial charge in [-0.05, 0) is 24.8 Å². The van der Waals surface area contributed by atoms with Crippen LogP contribution in [0.5, 0.6) is 0 Å². The molecule has 5 nitrogen and oxygen atoms in total. The van der Waals surface area contributed by atoms with E-state index in [-0.39, 0.29) is 11.7 Å². The van der Waals surface area contributed by atoms with Gasteiger partial charge in [-0.15, -0.1) is 5.10 Å².